The summed E-state index contributed by atoms with van der Waals surface area (Å²) in [7, 11) is 1.84. The molecule has 0 saturated carbocycles. The minimum absolute atomic E-state index is 0.122. The Bertz CT molecular complexity index is 442. The predicted octanol–water partition coefficient (Wildman–Crippen LogP) is -0.0366. The van der Waals surface area contributed by atoms with E-state index in [1.807, 2.05) is 7.05 Å². The Balaban J connectivity index is 1.87. The third-order valence-corrected chi connectivity index (χ3v) is 4.05. The van der Waals surface area contributed by atoms with Gasteiger partial charge >= 0.3 is 0 Å². The van der Waals surface area contributed by atoms with E-state index in [9.17, 15) is 5.11 Å². The van der Waals surface area contributed by atoms with Gasteiger partial charge in [0, 0.05) is 43.9 Å². The van der Waals surface area contributed by atoms with Gasteiger partial charge in [-0.05, 0) is 0 Å². The first-order chi connectivity index (χ1) is 8.79. The predicted molar refractivity (Wildman–Crippen MR) is 67.6 cm³/mol. The molecule has 2 saturated heterocycles. The smallest absolute Gasteiger partial charge is 0.171 e. The summed E-state index contributed by atoms with van der Waals surface area (Å²) in [6.07, 6.45) is 3.38. The van der Waals surface area contributed by atoms with Crippen LogP contribution in [-0.2, 0) is 4.74 Å². The molecule has 0 aromatic carbocycles. The fraction of sp³-hybridized carbons (Fsp3) is 0.667. The first kappa shape index (κ1) is 11.7. The molecular weight excluding hydrogens is 232 g/mol. The summed E-state index contributed by atoms with van der Waals surface area (Å²) in [6.45, 7) is 3.19. The molecule has 0 spiro atoms. The molecule has 3 heterocycles. The van der Waals surface area contributed by atoms with E-state index in [2.05, 4.69) is 20.2 Å². The van der Waals surface area contributed by atoms with Gasteiger partial charge in [0.05, 0.1) is 19.8 Å². The highest BCUT2D eigenvalue weighted by atomic mass is 16.5. The fourth-order valence-electron chi connectivity index (χ4n) is 2.96. The summed E-state index contributed by atoms with van der Waals surface area (Å²) in [6, 6.07) is 0. The number of rotatable bonds is 3. The number of aromatic nitrogens is 2. The molecule has 0 amide bonds. The maximum atomic E-state index is 9.66. The van der Waals surface area contributed by atoms with Crippen LogP contribution in [0.4, 0.5) is 11.6 Å². The molecule has 18 heavy (non-hydrogen) atoms. The Hall–Kier alpha value is -1.40. The number of aliphatic hydroxyl groups excluding tert-OH is 1. The Morgan fingerprint density at radius 3 is 3.11 bits per heavy atom. The highest BCUT2D eigenvalue weighted by Crippen LogP contribution is 2.42. The third kappa shape index (κ3) is 1.64. The number of nitrogens with one attached hydrogen (secondary N) is 1. The number of nitrogens with zero attached hydrogens (tertiary/aromatic N) is 3. The van der Waals surface area contributed by atoms with Crippen molar-refractivity contribution in [2.24, 2.45) is 11.3 Å². The van der Waals surface area contributed by atoms with Crippen molar-refractivity contribution in [2.45, 2.75) is 0 Å². The van der Waals surface area contributed by atoms with E-state index < -0.39 is 0 Å². The summed E-state index contributed by atoms with van der Waals surface area (Å²) in [5.74, 6) is 2.03. The maximum Gasteiger partial charge on any atom is 0.171 e. The van der Waals surface area contributed by atoms with Crippen molar-refractivity contribution in [3.8, 4) is 0 Å². The molecule has 0 aliphatic carbocycles. The van der Waals surface area contributed by atoms with Crippen LogP contribution in [0.3, 0.4) is 0 Å². The van der Waals surface area contributed by atoms with Crippen LogP contribution in [0.1, 0.15) is 0 Å². The van der Waals surface area contributed by atoms with Gasteiger partial charge in [0.2, 0.25) is 0 Å². The molecule has 0 radical (unpaired) electrons. The van der Waals surface area contributed by atoms with Crippen molar-refractivity contribution in [2.75, 3.05) is 50.2 Å². The van der Waals surface area contributed by atoms with E-state index in [0.717, 1.165) is 31.3 Å². The molecule has 98 valence electrons. The largest absolute Gasteiger partial charge is 0.396 e. The third-order valence-electron chi connectivity index (χ3n) is 4.05. The monoisotopic (exact) mass is 250 g/mol. The molecule has 1 aromatic rings. The minimum Gasteiger partial charge on any atom is -0.396 e. The quantitative estimate of drug-likeness (QED) is 0.784. The topological polar surface area (TPSA) is 70.5 Å². The average Bonchev–Trinajstić information content (AvgIpc) is 2.95. The maximum absolute atomic E-state index is 9.66. The molecule has 2 aliphatic heterocycles. The van der Waals surface area contributed by atoms with Gasteiger partial charge in [-0.15, -0.1) is 0 Å². The van der Waals surface area contributed by atoms with E-state index in [-0.39, 0.29) is 12.0 Å². The van der Waals surface area contributed by atoms with Crippen LogP contribution in [0.2, 0.25) is 0 Å². The second kappa shape index (κ2) is 4.37. The van der Waals surface area contributed by atoms with Gasteiger partial charge in [-0.1, -0.05) is 0 Å². The normalized spacial score (nSPS) is 30.6. The standard InChI is InChI=1S/C12H18N4O2/c1-13-10-11(15-3-2-14-10)16-4-9-5-18-8-12(9,6-16)7-17/h2-3,9,17H,4-8H2,1H3,(H,13,14)/t9-,12-/m0/s1. The van der Waals surface area contributed by atoms with E-state index in [0.29, 0.717) is 12.5 Å². The van der Waals surface area contributed by atoms with E-state index >= 15 is 0 Å². The summed E-state index contributed by atoms with van der Waals surface area (Å²) >= 11 is 0. The number of hydrogen-bond acceptors (Lipinski definition) is 6. The van der Waals surface area contributed by atoms with Crippen molar-refractivity contribution in [3.05, 3.63) is 12.4 Å². The Labute approximate surface area is 106 Å². The number of ether oxygens (including phenoxy) is 1. The second-order valence-corrected chi connectivity index (χ2v) is 5.09. The van der Waals surface area contributed by atoms with Crippen LogP contribution in [0.15, 0.2) is 12.4 Å². The van der Waals surface area contributed by atoms with Gasteiger partial charge in [-0.3, -0.25) is 0 Å². The Morgan fingerprint density at radius 2 is 2.39 bits per heavy atom. The summed E-state index contributed by atoms with van der Waals surface area (Å²) < 4.78 is 5.51. The van der Waals surface area contributed by atoms with Crippen LogP contribution < -0.4 is 10.2 Å². The fourth-order valence-corrected chi connectivity index (χ4v) is 2.96. The molecule has 6 nitrogen and oxygen atoms in total. The van der Waals surface area contributed by atoms with Crippen molar-refractivity contribution >= 4 is 11.6 Å². The van der Waals surface area contributed by atoms with E-state index in [4.69, 9.17) is 4.74 Å². The zero-order valence-electron chi connectivity index (χ0n) is 10.5. The average molecular weight is 250 g/mol. The Kier molecular flexibility index (Phi) is 2.83. The SMILES string of the molecule is CNc1nccnc1N1C[C@H]2COC[C@@]2(CO)C1. The van der Waals surface area contributed by atoms with Crippen molar-refractivity contribution in [3.63, 3.8) is 0 Å². The van der Waals surface area contributed by atoms with Gasteiger partial charge in [-0.25, -0.2) is 9.97 Å². The Morgan fingerprint density at radius 1 is 1.56 bits per heavy atom. The summed E-state index contributed by atoms with van der Waals surface area (Å²) in [4.78, 5) is 10.9. The summed E-state index contributed by atoms with van der Waals surface area (Å²) in [5, 5.41) is 12.7. The lowest BCUT2D eigenvalue weighted by molar-refractivity contribution is 0.0989. The number of aliphatic hydroxyl groups is 1. The second-order valence-electron chi connectivity index (χ2n) is 5.09. The molecule has 0 unspecified atom stereocenters. The molecule has 3 rings (SSSR count). The minimum atomic E-state index is -0.122. The first-order valence-corrected chi connectivity index (χ1v) is 6.21. The van der Waals surface area contributed by atoms with Crippen LogP contribution in [-0.4, -0.2) is 55.0 Å². The van der Waals surface area contributed by atoms with Crippen molar-refractivity contribution in [1.82, 2.24) is 9.97 Å². The van der Waals surface area contributed by atoms with Gasteiger partial charge in [0.15, 0.2) is 11.6 Å². The molecule has 2 N–H and O–H groups in total. The number of anilines is 2. The molecule has 0 bridgehead atoms. The van der Waals surface area contributed by atoms with Crippen molar-refractivity contribution < 1.29 is 9.84 Å². The lowest BCUT2D eigenvalue weighted by atomic mass is 9.82. The molecule has 2 aliphatic rings. The van der Waals surface area contributed by atoms with Gasteiger partial charge in [-0.2, -0.15) is 0 Å². The van der Waals surface area contributed by atoms with Gasteiger partial charge < -0.3 is 20.1 Å². The van der Waals surface area contributed by atoms with Gasteiger partial charge in [0.1, 0.15) is 0 Å². The lowest BCUT2D eigenvalue weighted by Crippen LogP contribution is -2.34. The zero-order chi connectivity index (χ0) is 12.6. The van der Waals surface area contributed by atoms with Crippen LogP contribution in [0, 0.1) is 11.3 Å². The van der Waals surface area contributed by atoms with Gasteiger partial charge in [0.25, 0.3) is 0 Å². The highest BCUT2D eigenvalue weighted by Gasteiger charge is 2.51. The van der Waals surface area contributed by atoms with E-state index in [1.165, 1.54) is 0 Å². The van der Waals surface area contributed by atoms with Crippen LogP contribution in [0.5, 0.6) is 0 Å². The highest BCUT2D eigenvalue weighted by molar-refractivity contribution is 5.61. The lowest BCUT2D eigenvalue weighted by Gasteiger charge is -2.25. The molecular formula is C12H18N4O2. The zero-order valence-corrected chi connectivity index (χ0v) is 10.5. The molecule has 2 fully saturated rings. The van der Waals surface area contributed by atoms with Crippen LogP contribution in [0.25, 0.3) is 0 Å². The number of fused-ring (bicyclic) bond motifs is 1. The van der Waals surface area contributed by atoms with E-state index in [1.54, 1.807) is 12.4 Å². The number of hydrogen-bond donors (Lipinski definition) is 2. The molecule has 2 atom stereocenters. The van der Waals surface area contributed by atoms with Crippen LogP contribution >= 0.6 is 0 Å². The molecule has 1 aromatic heterocycles. The summed E-state index contributed by atoms with van der Waals surface area (Å²) in [5.41, 5.74) is -0.122. The molecule has 6 heteroatoms. The van der Waals surface area contributed by atoms with Crippen molar-refractivity contribution in [1.29, 1.82) is 0 Å². The first-order valence-electron chi connectivity index (χ1n) is 6.21.